The third-order valence-corrected chi connectivity index (χ3v) is 3.67. The maximum atomic E-state index is 11.7. The Kier molecular flexibility index (Phi) is 2.62. The van der Waals surface area contributed by atoms with Crippen LogP contribution in [0.4, 0.5) is 0 Å². The molecule has 2 nitrogen and oxygen atoms in total. The van der Waals surface area contributed by atoms with Crippen LogP contribution >= 0.6 is 0 Å². The Bertz CT molecular complexity index is 241. The first-order chi connectivity index (χ1) is 6.76. The fourth-order valence-electron chi connectivity index (χ4n) is 2.94. The third-order valence-electron chi connectivity index (χ3n) is 3.67. The van der Waals surface area contributed by atoms with Gasteiger partial charge in [-0.25, -0.2) is 0 Å². The second-order valence-corrected chi connectivity index (χ2v) is 4.80. The Labute approximate surface area is 86.0 Å². The number of likely N-dealkylation sites (tertiary alicyclic amines) is 1. The lowest BCUT2D eigenvalue weighted by Crippen LogP contribution is -2.30. The molecule has 1 aliphatic carbocycles. The molecule has 1 amide bonds. The number of rotatable bonds is 2. The molecule has 0 unspecified atom stereocenters. The summed E-state index contributed by atoms with van der Waals surface area (Å²) < 4.78 is 0. The number of hydrogen-bond acceptors (Lipinski definition) is 1. The zero-order valence-electron chi connectivity index (χ0n) is 8.80. The second-order valence-electron chi connectivity index (χ2n) is 4.80. The number of nitrogens with zero attached hydrogens (tertiary/aromatic N) is 1. The SMILES string of the molecule is C=CCN1CC2(CCCCC2)CC1=O. The summed E-state index contributed by atoms with van der Waals surface area (Å²) in [6.07, 6.45) is 9.13. The Morgan fingerprint density at radius 3 is 2.71 bits per heavy atom. The van der Waals surface area contributed by atoms with Crippen LogP contribution in [0.3, 0.4) is 0 Å². The Hall–Kier alpha value is -0.790. The van der Waals surface area contributed by atoms with Gasteiger partial charge in [-0.2, -0.15) is 0 Å². The molecule has 0 aromatic heterocycles. The fourth-order valence-corrected chi connectivity index (χ4v) is 2.94. The van der Waals surface area contributed by atoms with E-state index in [-0.39, 0.29) is 0 Å². The summed E-state index contributed by atoms with van der Waals surface area (Å²) in [6.45, 7) is 5.42. The molecule has 0 aromatic rings. The van der Waals surface area contributed by atoms with Gasteiger partial charge in [-0.15, -0.1) is 6.58 Å². The lowest BCUT2D eigenvalue weighted by atomic mass is 9.73. The van der Waals surface area contributed by atoms with E-state index in [9.17, 15) is 4.79 Å². The zero-order chi connectivity index (χ0) is 10.0. The third kappa shape index (κ3) is 1.70. The summed E-state index contributed by atoms with van der Waals surface area (Å²) >= 11 is 0. The van der Waals surface area contributed by atoms with Crippen LogP contribution in [-0.4, -0.2) is 23.9 Å². The standard InChI is InChI=1S/C12H19NO/c1-2-8-13-10-12(9-11(13)14)6-4-3-5-7-12/h2H,1,3-10H2. The molecule has 1 aliphatic heterocycles. The number of hydrogen-bond donors (Lipinski definition) is 0. The van der Waals surface area contributed by atoms with E-state index in [1.165, 1.54) is 32.1 Å². The molecule has 14 heavy (non-hydrogen) atoms. The molecule has 78 valence electrons. The van der Waals surface area contributed by atoms with E-state index >= 15 is 0 Å². The maximum absolute atomic E-state index is 11.7. The average molecular weight is 193 g/mol. The first-order valence-electron chi connectivity index (χ1n) is 5.64. The molecule has 1 heterocycles. The molecule has 2 fully saturated rings. The van der Waals surface area contributed by atoms with Crippen LogP contribution in [-0.2, 0) is 4.79 Å². The van der Waals surface area contributed by atoms with E-state index in [0.717, 1.165) is 19.5 Å². The van der Waals surface area contributed by atoms with Crippen molar-refractivity contribution < 1.29 is 4.79 Å². The Morgan fingerprint density at radius 2 is 2.07 bits per heavy atom. The highest BCUT2D eigenvalue weighted by molar-refractivity contribution is 5.79. The minimum Gasteiger partial charge on any atom is -0.338 e. The van der Waals surface area contributed by atoms with Gasteiger partial charge in [-0.3, -0.25) is 4.79 Å². The highest BCUT2D eigenvalue weighted by Gasteiger charge is 2.42. The minimum absolute atomic E-state index is 0.340. The quantitative estimate of drug-likeness (QED) is 0.616. The molecule has 0 aromatic carbocycles. The summed E-state index contributed by atoms with van der Waals surface area (Å²) in [6, 6.07) is 0. The molecule has 2 heteroatoms. The lowest BCUT2D eigenvalue weighted by molar-refractivity contribution is -0.127. The van der Waals surface area contributed by atoms with Crippen molar-refractivity contribution in [2.75, 3.05) is 13.1 Å². The van der Waals surface area contributed by atoms with E-state index in [2.05, 4.69) is 6.58 Å². The Morgan fingerprint density at radius 1 is 1.36 bits per heavy atom. The van der Waals surface area contributed by atoms with Crippen molar-refractivity contribution in [1.29, 1.82) is 0 Å². The highest BCUT2D eigenvalue weighted by Crippen LogP contribution is 2.43. The smallest absolute Gasteiger partial charge is 0.223 e. The largest absolute Gasteiger partial charge is 0.338 e. The van der Waals surface area contributed by atoms with Crippen LogP contribution in [0.1, 0.15) is 38.5 Å². The van der Waals surface area contributed by atoms with Gasteiger partial charge < -0.3 is 4.90 Å². The number of amides is 1. The molecule has 2 rings (SSSR count). The van der Waals surface area contributed by atoms with Crippen molar-refractivity contribution in [3.05, 3.63) is 12.7 Å². The monoisotopic (exact) mass is 193 g/mol. The highest BCUT2D eigenvalue weighted by atomic mass is 16.2. The number of carbonyl (C=O) groups excluding carboxylic acids is 1. The van der Waals surface area contributed by atoms with Crippen molar-refractivity contribution in [2.24, 2.45) is 5.41 Å². The molecule has 1 saturated heterocycles. The van der Waals surface area contributed by atoms with Crippen LogP contribution in [0.15, 0.2) is 12.7 Å². The van der Waals surface area contributed by atoms with E-state index in [0.29, 0.717) is 11.3 Å². The molecule has 2 aliphatic rings. The molecule has 1 spiro atoms. The first-order valence-corrected chi connectivity index (χ1v) is 5.64. The van der Waals surface area contributed by atoms with Gasteiger partial charge in [-0.05, 0) is 18.3 Å². The molecular weight excluding hydrogens is 174 g/mol. The summed E-state index contributed by atoms with van der Waals surface area (Å²) in [4.78, 5) is 13.7. The van der Waals surface area contributed by atoms with E-state index in [1.807, 2.05) is 11.0 Å². The topological polar surface area (TPSA) is 20.3 Å². The van der Waals surface area contributed by atoms with Crippen LogP contribution in [0.5, 0.6) is 0 Å². The normalized spacial score (nSPS) is 25.7. The first kappa shape index (κ1) is 9.75. The van der Waals surface area contributed by atoms with E-state index in [1.54, 1.807) is 0 Å². The van der Waals surface area contributed by atoms with Gasteiger partial charge in [0, 0.05) is 19.5 Å². The van der Waals surface area contributed by atoms with E-state index < -0.39 is 0 Å². The zero-order valence-corrected chi connectivity index (χ0v) is 8.80. The fraction of sp³-hybridized carbons (Fsp3) is 0.750. The molecule has 0 radical (unpaired) electrons. The van der Waals surface area contributed by atoms with Crippen LogP contribution in [0.2, 0.25) is 0 Å². The molecule has 1 saturated carbocycles. The van der Waals surface area contributed by atoms with Gasteiger partial charge in [0.1, 0.15) is 0 Å². The van der Waals surface area contributed by atoms with E-state index in [4.69, 9.17) is 0 Å². The Balaban J connectivity index is 2.02. The van der Waals surface area contributed by atoms with Gasteiger partial charge in [0.15, 0.2) is 0 Å². The molecular formula is C12H19NO. The number of carbonyl (C=O) groups is 1. The second kappa shape index (κ2) is 3.76. The van der Waals surface area contributed by atoms with Crippen molar-refractivity contribution in [3.63, 3.8) is 0 Å². The molecule has 0 atom stereocenters. The van der Waals surface area contributed by atoms with Crippen LogP contribution in [0.25, 0.3) is 0 Å². The van der Waals surface area contributed by atoms with Crippen molar-refractivity contribution in [2.45, 2.75) is 38.5 Å². The molecule has 0 N–H and O–H groups in total. The van der Waals surface area contributed by atoms with Crippen molar-refractivity contribution in [1.82, 2.24) is 4.90 Å². The maximum Gasteiger partial charge on any atom is 0.223 e. The van der Waals surface area contributed by atoms with Crippen molar-refractivity contribution >= 4 is 5.91 Å². The van der Waals surface area contributed by atoms with Gasteiger partial charge in [-0.1, -0.05) is 25.3 Å². The summed E-state index contributed by atoms with van der Waals surface area (Å²) in [5.74, 6) is 0.340. The predicted molar refractivity (Wildman–Crippen MR) is 56.9 cm³/mol. The lowest BCUT2D eigenvalue weighted by Gasteiger charge is -2.32. The van der Waals surface area contributed by atoms with Crippen LogP contribution < -0.4 is 0 Å². The van der Waals surface area contributed by atoms with Gasteiger partial charge in [0.2, 0.25) is 5.91 Å². The van der Waals surface area contributed by atoms with Gasteiger partial charge >= 0.3 is 0 Å². The van der Waals surface area contributed by atoms with Crippen LogP contribution in [0, 0.1) is 5.41 Å². The summed E-state index contributed by atoms with van der Waals surface area (Å²) in [5, 5.41) is 0. The average Bonchev–Trinajstić information content (AvgIpc) is 2.45. The predicted octanol–water partition coefficient (Wildman–Crippen LogP) is 2.36. The van der Waals surface area contributed by atoms with Crippen molar-refractivity contribution in [3.8, 4) is 0 Å². The summed E-state index contributed by atoms with van der Waals surface area (Å²) in [5.41, 5.74) is 0.346. The minimum atomic E-state index is 0.340. The van der Waals surface area contributed by atoms with Gasteiger partial charge in [0.05, 0.1) is 0 Å². The summed E-state index contributed by atoms with van der Waals surface area (Å²) in [7, 11) is 0. The van der Waals surface area contributed by atoms with Gasteiger partial charge in [0.25, 0.3) is 0 Å². The molecule has 0 bridgehead atoms.